The van der Waals surface area contributed by atoms with Crippen LogP contribution < -0.4 is 5.32 Å². The number of carbonyl (C=O) groups excluding carboxylic acids is 1. The Kier molecular flexibility index (Phi) is 5.57. The molecule has 21 heavy (non-hydrogen) atoms. The van der Waals surface area contributed by atoms with Crippen LogP contribution >= 0.6 is 15.9 Å². The molecule has 1 amide bonds. The van der Waals surface area contributed by atoms with E-state index >= 15 is 0 Å². The summed E-state index contributed by atoms with van der Waals surface area (Å²) in [6.07, 6.45) is 1.51. The molecule has 0 saturated heterocycles. The van der Waals surface area contributed by atoms with Crippen LogP contribution in [0.1, 0.15) is 37.3 Å². The lowest BCUT2D eigenvalue weighted by atomic mass is 9.98. The summed E-state index contributed by atoms with van der Waals surface area (Å²) in [5, 5.41) is 2.94. The predicted octanol–water partition coefficient (Wildman–Crippen LogP) is 5.14. The molecule has 110 valence electrons. The van der Waals surface area contributed by atoms with Crippen molar-refractivity contribution >= 4 is 27.5 Å². The second-order valence-corrected chi connectivity index (χ2v) is 6.20. The lowest BCUT2D eigenvalue weighted by molar-refractivity contribution is -0.115. The number of carbonyl (C=O) groups is 1. The van der Waals surface area contributed by atoms with E-state index in [0.717, 1.165) is 22.1 Å². The molecule has 0 aliphatic carbocycles. The molecule has 0 heterocycles. The molecule has 1 N–H and O–H groups in total. The standard InChI is InChI=1S/C18H20BrNO/c1-3-13(2)15-6-10-17(11-7-15)20-18(21)12-14-4-8-16(19)9-5-14/h4-11,13H,3,12H2,1-2H3,(H,20,21). The molecule has 0 saturated carbocycles. The molecule has 0 aromatic heterocycles. The van der Waals surface area contributed by atoms with Gasteiger partial charge in [-0.3, -0.25) is 4.79 Å². The van der Waals surface area contributed by atoms with E-state index in [1.807, 2.05) is 36.4 Å². The average molecular weight is 346 g/mol. The van der Waals surface area contributed by atoms with Crippen molar-refractivity contribution in [2.45, 2.75) is 32.6 Å². The molecule has 3 heteroatoms. The van der Waals surface area contributed by atoms with E-state index in [-0.39, 0.29) is 5.91 Å². The van der Waals surface area contributed by atoms with Gasteiger partial charge in [0.05, 0.1) is 6.42 Å². The zero-order valence-electron chi connectivity index (χ0n) is 12.4. The van der Waals surface area contributed by atoms with Crippen LogP contribution in [0.5, 0.6) is 0 Å². The fourth-order valence-corrected chi connectivity index (χ4v) is 2.39. The minimum absolute atomic E-state index is 0.00797. The highest BCUT2D eigenvalue weighted by Crippen LogP contribution is 2.20. The lowest BCUT2D eigenvalue weighted by Crippen LogP contribution is -2.14. The molecule has 0 spiro atoms. The summed E-state index contributed by atoms with van der Waals surface area (Å²) in [4.78, 5) is 12.0. The monoisotopic (exact) mass is 345 g/mol. The van der Waals surface area contributed by atoms with Crippen molar-refractivity contribution in [2.75, 3.05) is 5.32 Å². The Morgan fingerprint density at radius 1 is 1.10 bits per heavy atom. The third-order valence-electron chi connectivity index (χ3n) is 3.65. The van der Waals surface area contributed by atoms with Crippen molar-refractivity contribution < 1.29 is 4.79 Å². The summed E-state index contributed by atoms with van der Waals surface area (Å²) in [6, 6.07) is 15.9. The number of hydrogen-bond acceptors (Lipinski definition) is 1. The number of anilines is 1. The molecule has 1 unspecified atom stereocenters. The van der Waals surface area contributed by atoms with Gasteiger partial charge in [-0.25, -0.2) is 0 Å². The van der Waals surface area contributed by atoms with Crippen molar-refractivity contribution in [3.63, 3.8) is 0 Å². The Balaban J connectivity index is 1.94. The molecule has 0 aliphatic rings. The molecule has 2 aromatic rings. The van der Waals surface area contributed by atoms with E-state index < -0.39 is 0 Å². The topological polar surface area (TPSA) is 29.1 Å². The van der Waals surface area contributed by atoms with Gasteiger partial charge >= 0.3 is 0 Å². The number of rotatable bonds is 5. The minimum Gasteiger partial charge on any atom is -0.326 e. The van der Waals surface area contributed by atoms with E-state index in [2.05, 4.69) is 47.2 Å². The third-order valence-corrected chi connectivity index (χ3v) is 4.18. The van der Waals surface area contributed by atoms with Crippen LogP contribution in [-0.2, 0) is 11.2 Å². The minimum atomic E-state index is 0.00797. The smallest absolute Gasteiger partial charge is 0.228 e. The zero-order chi connectivity index (χ0) is 15.2. The number of hydrogen-bond donors (Lipinski definition) is 1. The quantitative estimate of drug-likeness (QED) is 0.798. The highest BCUT2D eigenvalue weighted by molar-refractivity contribution is 9.10. The second kappa shape index (κ2) is 7.41. The van der Waals surface area contributed by atoms with Crippen LogP contribution in [0.2, 0.25) is 0 Å². The van der Waals surface area contributed by atoms with E-state index in [0.29, 0.717) is 12.3 Å². The van der Waals surface area contributed by atoms with Gasteiger partial charge in [-0.05, 0) is 47.7 Å². The third kappa shape index (κ3) is 4.71. The normalized spacial score (nSPS) is 12.0. The molecule has 1 atom stereocenters. The Hall–Kier alpha value is -1.61. The molecule has 2 rings (SSSR count). The van der Waals surface area contributed by atoms with Gasteiger partial charge in [0.1, 0.15) is 0 Å². The summed E-state index contributed by atoms with van der Waals surface area (Å²) in [6.45, 7) is 4.39. The van der Waals surface area contributed by atoms with Gasteiger partial charge in [0.15, 0.2) is 0 Å². The molecular weight excluding hydrogens is 326 g/mol. The van der Waals surface area contributed by atoms with E-state index in [1.54, 1.807) is 0 Å². The number of benzene rings is 2. The van der Waals surface area contributed by atoms with E-state index in [9.17, 15) is 4.79 Å². The van der Waals surface area contributed by atoms with Crippen LogP contribution in [0, 0.1) is 0 Å². The van der Waals surface area contributed by atoms with E-state index in [1.165, 1.54) is 5.56 Å². The predicted molar refractivity (Wildman–Crippen MR) is 91.6 cm³/mol. The largest absolute Gasteiger partial charge is 0.326 e. The first kappa shape index (κ1) is 15.8. The summed E-state index contributed by atoms with van der Waals surface area (Å²) in [7, 11) is 0. The van der Waals surface area contributed by atoms with Crippen LogP contribution in [0.3, 0.4) is 0 Å². The van der Waals surface area contributed by atoms with Crippen molar-refractivity contribution in [3.8, 4) is 0 Å². The Labute approximate surface area is 134 Å². The lowest BCUT2D eigenvalue weighted by Gasteiger charge is -2.10. The van der Waals surface area contributed by atoms with Gasteiger partial charge in [-0.2, -0.15) is 0 Å². The van der Waals surface area contributed by atoms with Crippen molar-refractivity contribution in [2.24, 2.45) is 0 Å². The Morgan fingerprint density at radius 2 is 1.71 bits per heavy atom. The summed E-state index contributed by atoms with van der Waals surface area (Å²) < 4.78 is 1.02. The van der Waals surface area contributed by atoms with Gasteiger partial charge in [-0.15, -0.1) is 0 Å². The summed E-state index contributed by atoms with van der Waals surface area (Å²) in [5.74, 6) is 0.561. The molecule has 0 bridgehead atoms. The van der Waals surface area contributed by atoms with Crippen LogP contribution in [0.25, 0.3) is 0 Å². The first-order chi connectivity index (χ1) is 10.1. The maximum Gasteiger partial charge on any atom is 0.228 e. The number of amides is 1. The number of halogens is 1. The second-order valence-electron chi connectivity index (χ2n) is 5.28. The van der Waals surface area contributed by atoms with Crippen LogP contribution in [0.4, 0.5) is 5.69 Å². The van der Waals surface area contributed by atoms with Gasteiger partial charge in [0.2, 0.25) is 5.91 Å². The van der Waals surface area contributed by atoms with Gasteiger partial charge in [-0.1, -0.05) is 54.0 Å². The first-order valence-corrected chi connectivity index (χ1v) is 8.02. The summed E-state index contributed by atoms with van der Waals surface area (Å²) >= 11 is 3.39. The molecule has 2 nitrogen and oxygen atoms in total. The fourth-order valence-electron chi connectivity index (χ4n) is 2.12. The van der Waals surface area contributed by atoms with Crippen LogP contribution in [0.15, 0.2) is 53.0 Å². The Bertz CT molecular complexity index is 590. The van der Waals surface area contributed by atoms with Gasteiger partial charge < -0.3 is 5.32 Å². The van der Waals surface area contributed by atoms with Crippen molar-refractivity contribution in [3.05, 3.63) is 64.1 Å². The van der Waals surface area contributed by atoms with Crippen molar-refractivity contribution in [1.82, 2.24) is 0 Å². The van der Waals surface area contributed by atoms with Gasteiger partial charge in [0.25, 0.3) is 0 Å². The maximum absolute atomic E-state index is 12.0. The fraction of sp³-hybridized carbons (Fsp3) is 0.278. The van der Waals surface area contributed by atoms with Crippen molar-refractivity contribution in [1.29, 1.82) is 0 Å². The molecule has 2 aromatic carbocycles. The zero-order valence-corrected chi connectivity index (χ0v) is 14.0. The molecule has 0 aliphatic heterocycles. The Morgan fingerprint density at radius 3 is 2.29 bits per heavy atom. The SMILES string of the molecule is CCC(C)c1ccc(NC(=O)Cc2ccc(Br)cc2)cc1. The highest BCUT2D eigenvalue weighted by Gasteiger charge is 2.06. The van der Waals surface area contributed by atoms with Crippen LogP contribution in [-0.4, -0.2) is 5.91 Å². The maximum atomic E-state index is 12.0. The molecule has 0 fully saturated rings. The number of nitrogens with one attached hydrogen (secondary N) is 1. The first-order valence-electron chi connectivity index (χ1n) is 7.22. The van der Waals surface area contributed by atoms with E-state index in [4.69, 9.17) is 0 Å². The summed E-state index contributed by atoms with van der Waals surface area (Å²) in [5.41, 5.74) is 3.17. The highest BCUT2D eigenvalue weighted by atomic mass is 79.9. The molecule has 0 radical (unpaired) electrons. The molecular formula is C18H20BrNO. The average Bonchev–Trinajstić information content (AvgIpc) is 2.49. The van der Waals surface area contributed by atoms with Gasteiger partial charge in [0, 0.05) is 10.2 Å².